The SMILES string of the molecule is CN1CCCC(CNCC(C(=O)O)c2ccccc2)C1. The summed E-state index contributed by atoms with van der Waals surface area (Å²) in [5.41, 5.74) is 0.869. The van der Waals surface area contributed by atoms with Gasteiger partial charge >= 0.3 is 5.97 Å². The first-order valence-electron chi connectivity index (χ1n) is 7.34. The molecule has 0 amide bonds. The highest BCUT2D eigenvalue weighted by Gasteiger charge is 2.21. The summed E-state index contributed by atoms with van der Waals surface area (Å²) in [6.45, 7) is 3.69. The Morgan fingerprint density at radius 2 is 2.20 bits per heavy atom. The Labute approximate surface area is 120 Å². The van der Waals surface area contributed by atoms with Crippen LogP contribution in [0.1, 0.15) is 24.3 Å². The first-order valence-corrected chi connectivity index (χ1v) is 7.34. The molecule has 1 aliphatic rings. The van der Waals surface area contributed by atoms with Gasteiger partial charge in [0, 0.05) is 13.1 Å². The van der Waals surface area contributed by atoms with E-state index in [9.17, 15) is 9.90 Å². The molecule has 2 atom stereocenters. The van der Waals surface area contributed by atoms with Gasteiger partial charge in [0.2, 0.25) is 0 Å². The largest absolute Gasteiger partial charge is 0.481 e. The Morgan fingerprint density at radius 3 is 2.85 bits per heavy atom. The number of rotatable bonds is 6. The molecule has 1 saturated heterocycles. The van der Waals surface area contributed by atoms with E-state index in [1.54, 1.807) is 0 Å². The van der Waals surface area contributed by atoms with Crippen LogP contribution in [0.4, 0.5) is 0 Å². The van der Waals surface area contributed by atoms with E-state index < -0.39 is 11.9 Å². The van der Waals surface area contributed by atoms with Crippen LogP contribution >= 0.6 is 0 Å². The number of aliphatic carboxylic acids is 1. The third-order valence-corrected chi connectivity index (χ3v) is 4.00. The van der Waals surface area contributed by atoms with E-state index in [1.807, 2.05) is 30.3 Å². The minimum absolute atomic E-state index is 0.461. The number of carboxylic acids is 1. The summed E-state index contributed by atoms with van der Waals surface area (Å²) in [7, 11) is 2.15. The highest BCUT2D eigenvalue weighted by molar-refractivity contribution is 5.76. The first kappa shape index (κ1) is 15.0. The van der Waals surface area contributed by atoms with Crippen molar-refractivity contribution in [1.29, 1.82) is 0 Å². The molecule has 1 aromatic carbocycles. The number of nitrogens with one attached hydrogen (secondary N) is 1. The minimum Gasteiger partial charge on any atom is -0.481 e. The van der Waals surface area contributed by atoms with Gasteiger partial charge in [-0.2, -0.15) is 0 Å². The monoisotopic (exact) mass is 276 g/mol. The van der Waals surface area contributed by atoms with Crippen molar-refractivity contribution >= 4 is 5.97 Å². The third kappa shape index (κ3) is 4.32. The van der Waals surface area contributed by atoms with E-state index in [0.29, 0.717) is 12.5 Å². The third-order valence-electron chi connectivity index (χ3n) is 4.00. The van der Waals surface area contributed by atoms with E-state index in [4.69, 9.17) is 0 Å². The summed E-state index contributed by atoms with van der Waals surface area (Å²) in [6, 6.07) is 9.46. The molecule has 1 aromatic rings. The number of hydrogen-bond acceptors (Lipinski definition) is 3. The Kier molecular flexibility index (Phi) is 5.56. The molecule has 20 heavy (non-hydrogen) atoms. The van der Waals surface area contributed by atoms with Crippen LogP contribution in [0.25, 0.3) is 0 Å². The second kappa shape index (κ2) is 7.41. The molecule has 0 aromatic heterocycles. The highest BCUT2D eigenvalue weighted by Crippen LogP contribution is 2.16. The summed E-state index contributed by atoms with van der Waals surface area (Å²) >= 11 is 0. The van der Waals surface area contributed by atoms with Crippen LogP contribution in [-0.4, -0.2) is 49.2 Å². The number of likely N-dealkylation sites (tertiary alicyclic amines) is 1. The van der Waals surface area contributed by atoms with E-state index in [0.717, 1.165) is 18.7 Å². The molecule has 2 unspecified atom stereocenters. The predicted octanol–water partition coefficient (Wildman–Crippen LogP) is 1.79. The van der Waals surface area contributed by atoms with Gasteiger partial charge in [0.05, 0.1) is 5.92 Å². The van der Waals surface area contributed by atoms with Gasteiger partial charge in [0.25, 0.3) is 0 Å². The van der Waals surface area contributed by atoms with Crippen LogP contribution in [0.15, 0.2) is 30.3 Å². The maximum Gasteiger partial charge on any atom is 0.312 e. The summed E-state index contributed by atoms with van der Waals surface area (Å²) in [5.74, 6) is -0.582. The van der Waals surface area contributed by atoms with Gasteiger partial charge in [-0.05, 0) is 44.5 Å². The molecular formula is C16H24N2O2. The molecule has 1 fully saturated rings. The topological polar surface area (TPSA) is 52.6 Å². The molecule has 2 rings (SSSR count). The van der Waals surface area contributed by atoms with Crippen LogP contribution in [0.5, 0.6) is 0 Å². The van der Waals surface area contributed by atoms with E-state index in [-0.39, 0.29) is 0 Å². The molecule has 4 nitrogen and oxygen atoms in total. The van der Waals surface area contributed by atoms with Crippen molar-refractivity contribution in [2.45, 2.75) is 18.8 Å². The van der Waals surface area contributed by atoms with Crippen molar-refractivity contribution in [2.75, 3.05) is 33.2 Å². The molecule has 1 heterocycles. The summed E-state index contributed by atoms with van der Waals surface area (Å²) < 4.78 is 0. The average molecular weight is 276 g/mol. The number of hydrogen-bond donors (Lipinski definition) is 2. The smallest absolute Gasteiger partial charge is 0.312 e. The van der Waals surface area contributed by atoms with Gasteiger partial charge in [-0.3, -0.25) is 4.79 Å². The Bertz CT molecular complexity index is 422. The van der Waals surface area contributed by atoms with Gasteiger partial charge in [-0.15, -0.1) is 0 Å². The summed E-state index contributed by atoms with van der Waals surface area (Å²) in [4.78, 5) is 13.7. The molecular weight excluding hydrogens is 252 g/mol. The van der Waals surface area contributed by atoms with Crippen LogP contribution in [0.3, 0.4) is 0 Å². The number of piperidine rings is 1. The fourth-order valence-electron chi connectivity index (χ4n) is 2.90. The molecule has 4 heteroatoms. The Balaban J connectivity index is 1.82. The number of carboxylic acid groups (broad SMARTS) is 1. The van der Waals surface area contributed by atoms with Crippen molar-refractivity contribution in [3.8, 4) is 0 Å². The lowest BCUT2D eigenvalue weighted by Crippen LogP contribution is -2.38. The molecule has 0 saturated carbocycles. The fraction of sp³-hybridized carbons (Fsp3) is 0.562. The first-order chi connectivity index (χ1) is 9.66. The van der Waals surface area contributed by atoms with Crippen molar-refractivity contribution in [2.24, 2.45) is 5.92 Å². The number of nitrogens with zero attached hydrogens (tertiary/aromatic N) is 1. The quantitative estimate of drug-likeness (QED) is 0.831. The minimum atomic E-state index is -0.760. The Hall–Kier alpha value is -1.39. The highest BCUT2D eigenvalue weighted by atomic mass is 16.4. The van der Waals surface area contributed by atoms with E-state index in [1.165, 1.54) is 19.4 Å². The van der Waals surface area contributed by atoms with Crippen LogP contribution in [0, 0.1) is 5.92 Å². The van der Waals surface area contributed by atoms with Crippen LogP contribution in [-0.2, 0) is 4.79 Å². The van der Waals surface area contributed by atoms with Crippen LogP contribution < -0.4 is 5.32 Å². The zero-order valence-corrected chi connectivity index (χ0v) is 12.1. The molecule has 2 N–H and O–H groups in total. The molecule has 0 spiro atoms. The molecule has 0 radical (unpaired) electrons. The lowest BCUT2D eigenvalue weighted by atomic mass is 9.96. The van der Waals surface area contributed by atoms with Gasteiger partial charge in [0.1, 0.15) is 0 Å². The normalized spacial score (nSPS) is 21.6. The van der Waals surface area contributed by atoms with E-state index in [2.05, 4.69) is 17.3 Å². The lowest BCUT2D eigenvalue weighted by molar-refractivity contribution is -0.138. The molecule has 1 aliphatic heterocycles. The lowest BCUT2D eigenvalue weighted by Gasteiger charge is -2.30. The maximum atomic E-state index is 11.4. The van der Waals surface area contributed by atoms with Crippen molar-refractivity contribution < 1.29 is 9.90 Å². The maximum absolute atomic E-state index is 11.4. The molecule has 0 bridgehead atoms. The van der Waals surface area contributed by atoms with Gasteiger partial charge in [-0.1, -0.05) is 30.3 Å². The number of benzene rings is 1. The number of carbonyl (C=O) groups is 1. The van der Waals surface area contributed by atoms with Gasteiger partial charge in [-0.25, -0.2) is 0 Å². The van der Waals surface area contributed by atoms with Crippen molar-refractivity contribution in [3.05, 3.63) is 35.9 Å². The zero-order valence-electron chi connectivity index (χ0n) is 12.1. The zero-order chi connectivity index (χ0) is 14.4. The van der Waals surface area contributed by atoms with Gasteiger partial charge in [0.15, 0.2) is 0 Å². The van der Waals surface area contributed by atoms with Crippen LogP contribution in [0.2, 0.25) is 0 Å². The fourth-order valence-corrected chi connectivity index (χ4v) is 2.90. The second-order valence-electron chi connectivity index (χ2n) is 5.73. The van der Waals surface area contributed by atoms with Crippen molar-refractivity contribution in [1.82, 2.24) is 10.2 Å². The molecule has 0 aliphatic carbocycles. The predicted molar refractivity (Wildman–Crippen MR) is 79.9 cm³/mol. The van der Waals surface area contributed by atoms with Crippen molar-refractivity contribution in [3.63, 3.8) is 0 Å². The molecule has 110 valence electrons. The summed E-state index contributed by atoms with van der Waals surface area (Å²) in [6.07, 6.45) is 2.48. The summed E-state index contributed by atoms with van der Waals surface area (Å²) in [5, 5.41) is 12.7. The average Bonchev–Trinajstić information content (AvgIpc) is 2.44. The Morgan fingerprint density at radius 1 is 1.45 bits per heavy atom. The second-order valence-corrected chi connectivity index (χ2v) is 5.73. The van der Waals surface area contributed by atoms with E-state index >= 15 is 0 Å². The standard InChI is InChI=1S/C16H24N2O2/c1-18-9-5-6-13(12-18)10-17-11-15(16(19)20)14-7-3-2-4-8-14/h2-4,7-8,13,15,17H,5-6,9-12H2,1H3,(H,19,20). The van der Waals surface area contributed by atoms with Gasteiger partial charge < -0.3 is 15.3 Å².